The van der Waals surface area contributed by atoms with Gasteiger partial charge in [-0.2, -0.15) is 0 Å². The number of aromatic nitrogens is 3. The summed E-state index contributed by atoms with van der Waals surface area (Å²) >= 11 is 0. The molecule has 0 bridgehead atoms. The molecule has 1 amide bonds. The van der Waals surface area contributed by atoms with Crippen LogP contribution in [0.2, 0.25) is 0 Å². The van der Waals surface area contributed by atoms with Gasteiger partial charge in [0.25, 0.3) is 5.91 Å². The third-order valence-electron chi connectivity index (χ3n) is 5.47. The number of nitrogens with zero attached hydrogens (tertiary/aromatic N) is 4. The molecule has 0 aliphatic rings. The smallest absolute Gasteiger partial charge is 0.274 e. The average Bonchev–Trinajstić information content (AvgIpc) is 3.19. The van der Waals surface area contributed by atoms with Crippen LogP contribution in [0, 0.1) is 0 Å². The Hall–Kier alpha value is -3.51. The molecule has 1 atom stereocenters. The van der Waals surface area contributed by atoms with Gasteiger partial charge in [-0.15, -0.1) is 0 Å². The predicted molar refractivity (Wildman–Crippen MR) is 122 cm³/mol. The van der Waals surface area contributed by atoms with Crippen molar-refractivity contribution in [2.24, 2.45) is 0 Å². The minimum atomic E-state index is -0.0821. The van der Waals surface area contributed by atoms with Gasteiger partial charge >= 0.3 is 0 Å². The highest BCUT2D eigenvalue weighted by atomic mass is 16.2. The first-order valence-electron chi connectivity index (χ1n) is 10.6. The van der Waals surface area contributed by atoms with E-state index in [9.17, 15) is 4.79 Å². The van der Waals surface area contributed by atoms with Crippen molar-refractivity contribution >= 4 is 11.6 Å². The molecule has 0 saturated carbocycles. The third kappa shape index (κ3) is 4.64. The fraction of sp³-hybridized carbons (Fsp3) is 0.240. The maximum atomic E-state index is 13.3. The van der Waals surface area contributed by atoms with E-state index in [0.717, 1.165) is 23.3 Å². The molecule has 6 nitrogen and oxygen atoms in total. The van der Waals surface area contributed by atoms with Crippen LogP contribution in [0.15, 0.2) is 79.3 Å². The van der Waals surface area contributed by atoms with E-state index in [-0.39, 0.29) is 11.9 Å². The zero-order valence-electron chi connectivity index (χ0n) is 17.9. The van der Waals surface area contributed by atoms with Gasteiger partial charge in [0.1, 0.15) is 5.65 Å². The molecule has 0 aliphatic heterocycles. The summed E-state index contributed by atoms with van der Waals surface area (Å²) in [5, 5.41) is 3.60. The lowest BCUT2D eigenvalue weighted by Gasteiger charge is -2.19. The molecule has 1 aromatic carbocycles. The molecule has 0 saturated heterocycles. The Kier molecular flexibility index (Phi) is 6.38. The number of amides is 1. The van der Waals surface area contributed by atoms with Gasteiger partial charge in [-0.3, -0.25) is 9.78 Å². The standard InChI is InChI=1S/C25H27N5O/c1-3-21(20-12-14-26-15-13-20)27-17-22-24(28-23-11-7-8-16-30(22)23)25(31)29(2)18-19-9-5-4-6-10-19/h4-16,21,27H,3,17-18H2,1-2H3/t21-/m1/s1. The summed E-state index contributed by atoms with van der Waals surface area (Å²) in [5.74, 6) is -0.0821. The van der Waals surface area contributed by atoms with Crippen LogP contribution in [0.3, 0.4) is 0 Å². The number of benzene rings is 1. The Bertz CT molecular complexity index is 1140. The molecule has 3 aromatic heterocycles. The lowest BCUT2D eigenvalue weighted by atomic mass is 10.1. The second-order valence-corrected chi connectivity index (χ2v) is 7.61. The van der Waals surface area contributed by atoms with Crippen LogP contribution in [-0.2, 0) is 13.1 Å². The molecular weight excluding hydrogens is 386 g/mol. The fourth-order valence-electron chi connectivity index (χ4n) is 3.81. The van der Waals surface area contributed by atoms with Crippen molar-refractivity contribution in [3.8, 4) is 0 Å². The Labute approximate surface area is 182 Å². The van der Waals surface area contributed by atoms with Gasteiger partial charge < -0.3 is 14.6 Å². The molecule has 0 radical (unpaired) electrons. The van der Waals surface area contributed by atoms with Crippen molar-refractivity contribution in [2.75, 3.05) is 7.05 Å². The number of fused-ring (bicyclic) bond motifs is 1. The van der Waals surface area contributed by atoms with Crippen LogP contribution in [0.5, 0.6) is 0 Å². The zero-order valence-corrected chi connectivity index (χ0v) is 17.9. The van der Waals surface area contributed by atoms with E-state index in [2.05, 4.69) is 22.2 Å². The van der Waals surface area contributed by atoms with Gasteiger partial charge in [-0.25, -0.2) is 4.98 Å². The van der Waals surface area contributed by atoms with Crippen LogP contribution in [0.1, 0.15) is 46.7 Å². The molecule has 1 N–H and O–H groups in total. The van der Waals surface area contributed by atoms with Gasteiger partial charge in [0.2, 0.25) is 0 Å². The SMILES string of the molecule is CC[C@@H](NCc1c(C(=O)N(C)Cc2ccccc2)nc2ccccn12)c1ccncc1. The monoisotopic (exact) mass is 413 g/mol. The Morgan fingerprint density at radius 1 is 1.06 bits per heavy atom. The Balaban J connectivity index is 1.60. The van der Waals surface area contributed by atoms with Crippen LogP contribution in [0.25, 0.3) is 5.65 Å². The number of carbonyl (C=O) groups is 1. The summed E-state index contributed by atoms with van der Waals surface area (Å²) in [6.45, 7) is 3.22. The minimum absolute atomic E-state index is 0.0821. The number of nitrogens with one attached hydrogen (secondary N) is 1. The molecule has 158 valence electrons. The molecule has 0 unspecified atom stereocenters. The van der Waals surface area contributed by atoms with Gasteiger partial charge in [0.15, 0.2) is 5.69 Å². The minimum Gasteiger partial charge on any atom is -0.336 e. The van der Waals surface area contributed by atoms with Crippen LogP contribution in [0.4, 0.5) is 0 Å². The normalized spacial score (nSPS) is 12.1. The quantitative estimate of drug-likeness (QED) is 0.469. The lowest BCUT2D eigenvalue weighted by Crippen LogP contribution is -2.29. The van der Waals surface area contributed by atoms with Crippen molar-refractivity contribution in [2.45, 2.75) is 32.5 Å². The van der Waals surface area contributed by atoms with E-state index in [1.165, 1.54) is 5.56 Å². The number of imidazole rings is 1. The van der Waals surface area contributed by atoms with E-state index < -0.39 is 0 Å². The largest absolute Gasteiger partial charge is 0.336 e. The summed E-state index contributed by atoms with van der Waals surface area (Å²) in [6.07, 6.45) is 6.50. The molecule has 4 rings (SSSR count). The summed E-state index contributed by atoms with van der Waals surface area (Å²) in [5.41, 5.74) is 4.40. The number of pyridine rings is 2. The molecule has 0 fully saturated rings. The molecule has 6 heteroatoms. The first-order chi connectivity index (χ1) is 15.2. The highest BCUT2D eigenvalue weighted by molar-refractivity contribution is 5.94. The van der Waals surface area contributed by atoms with Crippen molar-refractivity contribution in [3.05, 3.63) is 102 Å². The highest BCUT2D eigenvalue weighted by Gasteiger charge is 2.22. The molecular formula is C25H27N5O. The maximum Gasteiger partial charge on any atom is 0.274 e. The Morgan fingerprint density at radius 2 is 1.81 bits per heavy atom. The zero-order chi connectivity index (χ0) is 21.6. The number of hydrogen-bond acceptors (Lipinski definition) is 4. The summed E-state index contributed by atoms with van der Waals surface area (Å²) < 4.78 is 2.00. The van der Waals surface area contributed by atoms with Gasteiger partial charge in [0.05, 0.1) is 5.69 Å². The highest BCUT2D eigenvalue weighted by Crippen LogP contribution is 2.20. The number of hydrogen-bond donors (Lipinski definition) is 1. The Morgan fingerprint density at radius 3 is 2.55 bits per heavy atom. The first-order valence-corrected chi connectivity index (χ1v) is 10.6. The molecule has 31 heavy (non-hydrogen) atoms. The molecule has 4 aromatic rings. The fourth-order valence-corrected chi connectivity index (χ4v) is 3.81. The van der Waals surface area contributed by atoms with Crippen LogP contribution < -0.4 is 5.32 Å². The summed E-state index contributed by atoms with van der Waals surface area (Å²) in [4.78, 5) is 23.8. The van der Waals surface area contributed by atoms with Crippen molar-refractivity contribution < 1.29 is 4.79 Å². The molecule has 0 spiro atoms. The van der Waals surface area contributed by atoms with Gasteiger partial charge in [-0.05, 0) is 41.8 Å². The third-order valence-corrected chi connectivity index (χ3v) is 5.47. The van der Waals surface area contributed by atoms with Crippen LogP contribution in [-0.4, -0.2) is 32.2 Å². The van der Waals surface area contributed by atoms with Gasteiger partial charge in [-0.1, -0.05) is 43.3 Å². The number of carbonyl (C=O) groups excluding carboxylic acids is 1. The topological polar surface area (TPSA) is 62.5 Å². The van der Waals surface area contributed by atoms with E-state index >= 15 is 0 Å². The van der Waals surface area contributed by atoms with E-state index in [1.807, 2.05) is 78.3 Å². The average molecular weight is 414 g/mol. The molecule has 3 heterocycles. The van der Waals surface area contributed by atoms with Crippen molar-refractivity contribution in [1.29, 1.82) is 0 Å². The second-order valence-electron chi connectivity index (χ2n) is 7.61. The van der Waals surface area contributed by atoms with Crippen LogP contribution >= 0.6 is 0 Å². The van der Waals surface area contributed by atoms with Gasteiger partial charge in [0, 0.05) is 44.8 Å². The first kappa shape index (κ1) is 20.8. The van der Waals surface area contributed by atoms with E-state index in [0.29, 0.717) is 18.8 Å². The summed E-state index contributed by atoms with van der Waals surface area (Å²) in [7, 11) is 1.82. The molecule has 0 aliphatic carbocycles. The summed E-state index contributed by atoms with van der Waals surface area (Å²) in [6, 6.07) is 20.0. The predicted octanol–water partition coefficient (Wildman–Crippen LogP) is 4.24. The second kappa shape index (κ2) is 9.53. The van der Waals surface area contributed by atoms with E-state index in [4.69, 9.17) is 0 Å². The number of rotatable bonds is 8. The van der Waals surface area contributed by atoms with E-state index in [1.54, 1.807) is 17.3 Å². The maximum absolute atomic E-state index is 13.3. The van der Waals surface area contributed by atoms with Crippen molar-refractivity contribution in [3.63, 3.8) is 0 Å². The lowest BCUT2D eigenvalue weighted by molar-refractivity contribution is 0.0778. The van der Waals surface area contributed by atoms with Crippen molar-refractivity contribution in [1.82, 2.24) is 24.6 Å².